The standard InChI is InChI=1S/C20H18F2N4O2/c1-12(2)28-16-6-3-14(4-7-16)26-20-23-10-13(11-24-20)19(27)25-15-5-8-17(21)18(22)9-15/h3-12H,1-2H3,(H,25,27)(H,23,24,26). The van der Waals surface area contributed by atoms with Crippen molar-refractivity contribution < 1.29 is 18.3 Å². The highest BCUT2D eigenvalue weighted by Crippen LogP contribution is 2.19. The van der Waals surface area contributed by atoms with Crippen molar-refractivity contribution in [2.75, 3.05) is 10.6 Å². The Morgan fingerprint density at radius 1 is 0.964 bits per heavy atom. The average Bonchev–Trinajstić information content (AvgIpc) is 2.66. The molecule has 0 aliphatic heterocycles. The number of amides is 1. The van der Waals surface area contributed by atoms with Crippen LogP contribution in [-0.4, -0.2) is 22.0 Å². The van der Waals surface area contributed by atoms with Gasteiger partial charge in [-0.15, -0.1) is 0 Å². The fraction of sp³-hybridized carbons (Fsp3) is 0.150. The summed E-state index contributed by atoms with van der Waals surface area (Å²) in [5.41, 5.74) is 1.07. The van der Waals surface area contributed by atoms with Crippen LogP contribution in [0.3, 0.4) is 0 Å². The Bertz CT molecular complexity index is 961. The topological polar surface area (TPSA) is 76.1 Å². The minimum Gasteiger partial charge on any atom is -0.491 e. The summed E-state index contributed by atoms with van der Waals surface area (Å²) in [5.74, 6) is -1.50. The molecule has 0 saturated carbocycles. The number of carbonyl (C=O) groups is 1. The van der Waals surface area contributed by atoms with Gasteiger partial charge in [-0.05, 0) is 50.2 Å². The quantitative estimate of drug-likeness (QED) is 0.653. The number of rotatable bonds is 6. The molecule has 1 amide bonds. The van der Waals surface area contributed by atoms with Gasteiger partial charge in [-0.25, -0.2) is 18.7 Å². The third-order valence-corrected chi connectivity index (χ3v) is 3.57. The molecule has 0 spiro atoms. The number of benzene rings is 2. The number of ether oxygens (including phenoxy) is 1. The molecule has 0 atom stereocenters. The van der Waals surface area contributed by atoms with Crippen molar-refractivity contribution in [1.29, 1.82) is 0 Å². The number of nitrogens with zero attached hydrogens (tertiary/aromatic N) is 2. The molecule has 2 aromatic carbocycles. The zero-order valence-corrected chi connectivity index (χ0v) is 15.2. The summed E-state index contributed by atoms with van der Waals surface area (Å²) in [5, 5.41) is 5.47. The maximum absolute atomic E-state index is 13.2. The van der Waals surface area contributed by atoms with Crippen LogP contribution in [0.5, 0.6) is 5.75 Å². The van der Waals surface area contributed by atoms with Crippen LogP contribution in [0.1, 0.15) is 24.2 Å². The maximum Gasteiger partial charge on any atom is 0.258 e. The first kappa shape index (κ1) is 19.2. The number of anilines is 3. The first-order valence-corrected chi connectivity index (χ1v) is 8.53. The highest BCUT2D eigenvalue weighted by atomic mass is 19.2. The molecule has 1 aromatic heterocycles. The zero-order valence-electron chi connectivity index (χ0n) is 15.2. The Labute approximate surface area is 160 Å². The second-order valence-electron chi connectivity index (χ2n) is 6.19. The summed E-state index contributed by atoms with van der Waals surface area (Å²) in [7, 11) is 0. The van der Waals surface area contributed by atoms with Gasteiger partial charge < -0.3 is 15.4 Å². The molecule has 0 fully saturated rings. The van der Waals surface area contributed by atoms with Gasteiger partial charge in [-0.2, -0.15) is 0 Å². The van der Waals surface area contributed by atoms with Gasteiger partial charge in [-0.1, -0.05) is 0 Å². The van der Waals surface area contributed by atoms with Gasteiger partial charge in [-0.3, -0.25) is 4.79 Å². The third-order valence-electron chi connectivity index (χ3n) is 3.57. The number of hydrogen-bond acceptors (Lipinski definition) is 5. The Balaban J connectivity index is 1.62. The van der Waals surface area contributed by atoms with E-state index in [4.69, 9.17) is 4.74 Å². The van der Waals surface area contributed by atoms with E-state index in [0.717, 1.165) is 23.6 Å². The van der Waals surface area contributed by atoms with Crippen molar-refractivity contribution in [1.82, 2.24) is 9.97 Å². The Morgan fingerprint density at radius 2 is 1.61 bits per heavy atom. The van der Waals surface area contributed by atoms with Gasteiger partial charge in [0.2, 0.25) is 5.95 Å². The summed E-state index contributed by atoms with van der Waals surface area (Å²) in [6.45, 7) is 3.90. The summed E-state index contributed by atoms with van der Waals surface area (Å²) in [6.07, 6.45) is 2.76. The monoisotopic (exact) mass is 384 g/mol. The third kappa shape index (κ3) is 5.00. The van der Waals surface area contributed by atoms with Crippen LogP contribution in [0.25, 0.3) is 0 Å². The lowest BCUT2D eigenvalue weighted by molar-refractivity contribution is 0.102. The van der Waals surface area contributed by atoms with Crippen molar-refractivity contribution >= 4 is 23.2 Å². The second kappa shape index (κ2) is 8.43. The molecule has 2 N–H and O–H groups in total. The van der Waals surface area contributed by atoms with Crippen LogP contribution in [0, 0.1) is 11.6 Å². The van der Waals surface area contributed by atoms with Gasteiger partial charge in [0.15, 0.2) is 11.6 Å². The van der Waals surface area contributed by atoms with Crippen LogP contribution in [0.4, 0.5) is 26.1 Å². The van der Waals surface area contributed by atoms with Crippen molar-refractivity contribution in [2.45, 2.75) is 20.0 Å². The van der Waals surface area contributed by atoms with E-state index >= 15 is 0 Å². The van der Waals surface area contributed by atoms with Gasteiger partial charge in [0.25, 0.3) is 5.91 Å². The predicted octanol–water partition coefficient (Wildman–Crippen LogP) is 4.54. The molecule has 144 valence electrons. The average molecular weight is 384 g/mol. The molecule has 3 aromatic rings. The second-order valence-corrected chi connectivity index (χ2v) is 6.19. The molecule has 0 radical (unpaired) electrons. The van der Waals surface area contributed by atoms with E-state index in [1.807, 2.05) is 38.1 Å². The van der Waals surface area contributed by atoms with E-state index in [0.29, 0.717) is 5.95 Å². The lowest BCUT2D eigenvalue weighted by atomic mass is 10.2. The van der Waals surface area contributed by atoms with Gasteiger partial charge in [0.1, 0.15) is 5.75 Å². The summed E-state index contributed by atoms with van der Waals surface area (Å²) in [6, 6.07) is 10.4. The lowest BCUT2D eigenvalue weighted by Gasteiger charge is -2.10. The molecule has 0 unspecified atom stereocenters. The molecule has 6 nitrogen and oxygen atoms in total. The SMILES string of the molecule is CC(C)Oc1ccc(Nc2ncc(C(=O)Nc3ccc(F)c(F)c3)cn2)cc1. The first-order valence-electron chi connectivity index (χ1n) is 8.53. The lowest BCUT2D eigenvalue weighted by Crippen LogP contribution is -2.13. The smallest absolute Gasteiger partial charge is 0.258 e. The summed E-state index contributed by atoms with van der Waals surface area (Å²) in [4.78, 5) is 20.3. The molecule has 0 aliphatic rings. The molecule has 8 heteroatoms. The van der Waals surface area contributed by atoms with E-state index in [-0.39, 0.29) is 17.4 Å². The molecule has 1 heterocycles. The number of aromatic nitrogens is 2. The molecular weight excluding hydrogens is 366 g/mol. The maximum atomic E-state index is 13.2. The Morgan fingerprint density at radius 3 is 2.21 bits per heavy atom. The first-order chi connectivity index (χ1) is 13.4. The molecule has 0 aliphatic carbocycles. The van der Waals surface area contributed by atoms with Crippen LogP contribution < -0.4 is 15.4 Å². The van der Waals surface area contributed by atoms with Gasteiger partial charge >= 0.3 is 0 Å². The molecule has 3 rings (SSSR count). The molecule has 28 heavy (non-hydrogen) atoms. The van der Waals surface area contributed by atoms with Crippen LogP contribution >= 0.6 is 0 Å². The predicted molar refractivity (Wildman–Crippen MR) is 102 cm³/mol. The van der Waals surface area contributed by atoms with E-state index in [1.165, 1.54) is 18.5 Å². The molecule has 0 bridgehead atoms. The van der Waals surface area contributed by atoms with Crippen molar-refractivity contribution in [3.63, 3.8) is 0 Å². The zero-order chi connectivity index (χ0) is 20.1. The Hall–Kier alpha value is -3.55. The number of hydrogen-bond donors (Lipinski definition) is 2. The molecular formula is C20H18F2N4O2. The number of nitrogens with one attached hydrogen (secondary N) is 2. The number of carbonyl (C=O) groups excluding carboxylic acids is 1. The van der Waals surface area contributed by atoms with Gasteiger partial charge in [0.05, 0.1) is 11.7 Å². The fourth-order valence-corrected chi connectivity index (χ4v) is 2.31. The number of halogens is 2. The highest BCUT2D eigenvalue weighted by Gasteiger charge is 2.10. The largest absolute Gasteiger partial charge is 0.491 e. The minimum absolute atomic E-state index is 0.0900. The highest BCUT2D eigenvalue weighted by molar-refractivity contribution is 6.03. The van der Waals surface area contributed by atoms with E-state index in [1.54, 1.807) is 0 Å². The van der Waals surface area contributed by atoms with E-state index < -0.39 is 17.5 Å². The minimum atomic E-state index is -1.04. The summed E-state index contributed by atoms with van der Waals surface area (Å²) >= 11 is 0. The normalized spacial score (nSPS) is 10.6. The van der Waals surface area contributed by atoms with Crippen LogP contribution in [0.15, 0.2) is 54.9 Å². The van der Waals surface area contributed by atoms with E-state index in [9.17, 15) is 13.6 Å². The fourth-order valence-electron chi connectivity index (χ4n) is 2.31. The van der Waals surface area contributed by atoms with Crippen molar-refractivity contribution in [3.05, 3.63) is 72.1 Å². The van der Waals surface area contributed by atoms with Crippen LogP contribution in [-0.2, 0) is 0 Å². The van der Waals surface area contributed by atoms with Crippen LogP contribution in [0.2, 0.25) is 0 Å². The van der Waals surface area contributed by atoms with Gasteiger partial charge in [0, 0.05) is 29.8 Å². The summed E-state index contributed by atoms with van der Waals surface area (Å²) < 4.78 is 31.7. The Kier molecular flexibility index (Phi) is 5.78. The van der Waals surface area contributed by atoms with Crippen molar-refractivity contribution in [2.24, 2.45) is 0 Å². The van der Waals surface area contributed by atoms with Crippen molar-refractivity contribution in [3.8, 4) is 5.75 Å². The van der Waals surface area contributed by atoms with E-state index in [2.05, 4.69) is 20.6 Å². The molecule has 0 saturated heterocycles.